The molecule has 4 heterocycles. The number of rotatable bonds is 2. The second kappa shape index (κ2) is 8.71. The van der Waals surface area contributed by atoms with E-state index in [1.807, 2.05) is 0 Å². The van der Waals surface area contributed by atoms with Crippen molar-refractivity contribution >= 4 is 70.5 Å². The molecule has 6 heteroatoms. The minimum Gasteiger partial charge on any atom is -0.453 e. The zero-order chi connectivity index (χ0) is 30.0. The fraction of sp³-hybridized carbons (Fsp3) is 0.0769. The van der Waals surface area contributed by atoms with Gasteiger partial charge in [-0.05, 0) is 76.0 Å². The molecule has 6 aromatic rings. The van der Waals surface area contributed by atoms with Crippen molar-refractivity contribution in [2.45, 2.75) is 19.6 Å². The van der Waals surface area contributed by atoms with Crippen molar-refractivity contribution in [3.63, 3.8) is 0 Å². The van der Waals surface area contributed by atoms with Gasteiger partial charge in [0, 0.05) is 11.4 Å². The van der Waals surface area contributed by atoms with E-state index in [1.165, 1.54) is 44.1 Å². The van der Waals surface area contributed by atoms with E-state index in [4.69, 9.17) is 9.47 Å². The smallest absolute Gasteiger partial charge is 0.252 e. The number of fused-ring (bicyclic) bond motifs is 8. The largest absolute Gasteiger partial charge is 0.453 e. The fourth-order valence-electron chi connectivity index (χ4n) is 7.72. The summed E-state index contributed by atoms with van der Waals surface area (Å²) in [5.74, 6) is 3.51. The van der Waals surface area contributed by atoms with Crippen molar-refractivity contribution in [2.24, 2.45) is 0 Å². The summed E-state index contributed by atoms with van der Waals surface area (Å²) in [6.07, 6.45) is 0. The Morgan fingerprint density at radius 1 is 0.489 bits per heavy atom. The molecular weight excluding hydrogens is 567 g/mol. The molecule has 45 heavy (non-hydrogen) atoms. The van der Waals surface area contributed by atoms with Crippen LogP contribution >= 0.6 is 0 Å². The molecule has 10 rings (SSSR count). The predicted molar refractivity (Wildman–Crippen MR) is 189 cm³/mol. The highest BCUT2D eigenvalue weighted by Gasteiger charge is 2.48. The molecule has 4 aliphatic heterocycles. The normalized spacial score (nSPS) is 14.3. The number of hydrogen-bond acceptors (Lipinski definition) is 4. The first-order valence-electron chi connectivity index (χ1n) is 15.6. The molecule has 4 nitrogen and oxygen atoms in total. The molecule has 0 N–H and O–H groups in total. The summed E-state index contributed by atoms with van der Waals surface area (Å²) in [6.45, 7) is 7.24. The Morgan fingerprint density at radius 3 is 1.49 bits per heavy atom. The van der Waals surface area contributed by atoms with Gasteiger partial charge < -0.3 is 19.3 Å². The average molecular weight is 597 g/mol. The predicted octanol–water partition coefficient (Wildman–Crippen LogP) is 8.19. The SMILES string of the molecule is C[Si](C)(C)c1ccc(-c2cc3c4c(c2)N2c5ccccc5Oc5cccc(c52)B4c2cccc4c2N3c2ccccc2O4)cc1. The van der Waals surface area contributed by atoms with Crippen LogP contribution in [0, 0.1) is 0 Å². The zero-order valence-corrected chi connectivity index (χ0v) is 26.3. The molecule has 0 unspecified atom stereocenters. The summed E-state index contributed by atoms with van der Waals surface area (Å²) in [4.78, 5) is 4.89. The summed E-state index contributed by atoms with van der Waals surface area (Å²) in [5, 5.41) is 1.46. The highest BCUT2D eigenvalue weighted by molar-refractivity contribution is 7.00. The Labute approximate surface area is 264 Å². The van der Waals surface area contributed by atoms with E-state index in [-0.39, 0.29) is 6.71 Å². The van der Waals surface area contributed by atoms with Gasteiger partial charge >= 0.3 is 0 Å². The van der Waals surface area contributed by atoms with Gasteiger partial charge in [0.25, 0.3) is 6.71 Å². The molecular formula is C39H29BN2O2Si. The average Bonchev–Trinajstić information content (AvgIpc) is 3.06. The van der Waals surface area contributed by atoms with Crippen LogP contribution in [0.25, 0.3) is 11.1 Å². The first kappa shape index (κ1) is 25.2. The van der Waals surface area contributed by atoms with E-state index in [0.717, 1.165) is 45.7 Å². The summed E-state index contributed by atoms with van der Waals surface area (Å²) in [7, 11) is -1.43. The van der Waals surface area contributed by atoms with Gasteiger partial charge in [0.1, 0.15) is 0 Å². The Hall–Kier alpha value is -5.20. The van der Waals surface area contributed by atoms with E-state index >= 15 is 0 Å². The van der Waals surface area contributed by atoms with Gasteiger partial charge in [-0.1, -0.05) is 97.6 Å². The van der Waals surface area contributed by atoms with Crippen LogP contribution in [-0.2, 0) is 0 Å². The molecule has 0 saturated heterocycles. The van der Waals surface area contributed by atoms with Gasteiger partial charge in [0.05, 0.1) is 30.8 Å². The molecule has 6 aromatic carbocycles. The van der Waals surface area contributed by atoms with Gasteiger partial charge in [-0.2, -0.15) is 0 Å². The molecule has 214 valence electrons. The quantitative estimate of drug-likeness (QED) is 0.188. The second-order valence-corrected chi connectivity index (χ2v) is 18.5. The lowest BCUT2D eigenvalue weighted by atomic mass is 9.33. The molecule has 0 amide bonds. The Bertz CT molecular complexity index is 2110. The third-order valence-electron chi connectivity index (χ3n) is 9.77. The summed E-state index contributed by atoms with van der Waals surface area (Å²) < 4.78 is 13.2. The van der Waals surface area contributed by atoms with Crippen LogP contribution in [0.1, 0.15) is 0 Å². The molecule has 0 fully saturated rings. The Morgan fingerprint density at radius 2 is 0.978 bits per heavy atom. The van der Waals surface area contributed by atoms with E-state index in [9.17, 15) is 0 Å². The van der Waals surface area contributed by atoms with Gasteiger partial charge in [0.2, 0.25) is 0 Å². The van der Waals surface area contributed by atoms with Crippen LogP contribution in [0.4, 0.5) is 34.1 Å². The minimum atomic E-state index is -1.43. The number of benzene rings is 6. The van der Waals surface area contributed by atoms with Gasteiger partial charge in [-0.15, -0.1) is 0 Å². The van der Waals surface area contributed by atoms with Crippen LogP contribution in [-0.4, -0.2) is 14.8 Å². The standard InChI is InChI=1S/C39H29BN2O2Si/c1-45(2,3)26-20-18-24(19-21-26)25-22-31-37-32(23-25)42-30-13-5-7-15-34(30)44-36-17-9-11-28(39(36)42)40(37)27-10-8-16-35-38(27)41(31)29-12-4-6-14-33(29)43-35/h4-23H,1-3H3. The molecule has 0 spiro atoms. The Kier molecular flexibility index (Phi) is 4.87. The maximum atomic E-state index is 6.58. The maximum absolute atomic E-state index is 6.58. The second-order valence-electron chi connectivity index (χ2n) is 13.4. The number of ether oxygens (including phenoxy) is 2. The minimum absolute atomic E-state index is 0.0263. The van der Waals surface area contributed by atoms with Crippen molar-refractivity contribution in [2.75, 3.05) is 9.80 Å². The van der Waals surface area contributed by atoms with Crippen molar-refractivity contribution < 1.29 is 9.47 Å². The molecule has 0 saturated carbocycles. The van der Waals surface area contributed by atoms with E-state index in [0.29, 0.717) is 0 Å². The van der Waals surface area contributed by atoms with Crippen molar-refractivity contribution in [3.8, 4) is 34.1 Å². The van der Waals surface area contributed by atoms with Crippen molar-refractivity contribution in [1.82, 2.24) is 0 Å². The van der Waals surface area contributed by atoms with Crippen LogP contribution in [0.3, 0.4) is 0 Å². The summed E-state index contributed by atoms with van der Waals surface area (Å²) >= 11 is 0. The van der Waals surface area contributed by atoms with E-state index < -0.39 is 8.07 Å². The lowest BCUT2D eigenvalue weighted by molar-refractivity contribution is 0.477. The zero-order valence-electron chi connectivity index (χ0n) is 25.3. The van der Waals surface area contributed by atoms with Gasteiger partial charge in [-0.25, -0.2) is 0 Å². The molecule has 0 bridgehead atoms. The number of nitrogens with zero attached hydrogens (tertiary/aromatic N) is 2. The first-order valence-corrected chi connectivity index (χ1v) is 19.1. The van der Waals surface area contributed by atoms with E-state index in [1.54, 1.807) is 0 Å². The Balaban J connectivity index is 1.32. The van der Waals surface area contributed by atoms with E-state index in [2.05, 4.69) is 151 Å². The number of para-hydroxylation sites is 6. The molecule has 0 atom stereocenters. The monoisotopic (exact) mass is 596 g/mol. The number of anilines is 6. The third-order valence-corrected chi connectivity index (χ3v) is 11.8. The van der Waals surface area contributed by atoms with Crippen LogP contribution in [0.15, 0.2) is 121 Å². The van der Waals surface area contributed by atoms with Gasteiger partial charge in [0.15, 0.2) is 23.0 Å². The van der Waals surface area contributed by atoms with Crippen molar-refractivity contribution in [1.29, 1.82) is 0 Å². The fourth-order valence-corrected chi connectivity index (χ4v) is 8.89. The summed E-state index contributed by atoms with van der Waals surface area (Å²) in [5.41, 5.74) is 13.0. The third kappa shape index (κ3) is 3.37. The maximum Gasteiger partial charge on any atom is 0.252 e. The lowest BCUT2D eigenvalue weighted by Crippen LogP contribution is -2.61. The molecule has 0 aliphatic carbocycles. The lowest BCUT2D eigenvalue weighted by Gasteiger charge is -2.47. The van der Waals surface area contributed by atoms with Gasteiger partial charge in [-0.3, -0.25) is 0 Å². The highest BCUT2D eigenvalue weighted by atomic mass is 28.3. The topological polar surface area (TPSA) is 24.9 Å². The number of hydrogen-bond donors (Lipinski definition) is 0. The molecule has 0 aromatic heterocycles. The van der Waals surface area contributed by atoms with Crippen LogP contribution in [0.2, 0.25) is 19.6 Å². The van der Waals surface area contributed by atoms with Crippen molar-refractivity contribution in [3.05, 3.63) is 121 Å². The summed E-state index contributed by atoms with van der Waals surface area (Å²) in [6, 6.07) is 43.9. The highest BCUT2D eigenvalue weighted by Crippen LogP contribution is 2.56. The molecule has 4 aliphatic rings. The van der Waals surface area contributed by atoms with Crippen LogP contribution < -0.4 is 40.8 Å². The van der Waals surface area contributed by atoms with Crippen LogP contribution in [0.5, 0.6) is 23.0 Å². The first-order chi connectivity index (χ1) is 22.0. The molecule has 0 radical (unpaired) electrons.